The molecule has 0 unspecified atom stereocenters. The molecule has 0 aromatic heterocycles. The van der Waals surface area contributed by atoms with Gasteiger partial charge in [0.1, 0.15) is 9.84 Å². The summed E-state index contributed by atoms with van der Waals surface area (Å²) in [7, 11) is -7.73. The lowest BCUT2D eigenvalue weighted by Gasteiger charge is -2.02. The van der Waals surface area contributed by atoms with Gasteiger partial charge in [0.05, 0.1) is 12.4 Å². The third kappa shape index (κ3) is 10.1. The van der Waals surface area contributed by atoms with Crippen molar-refractivity contribution in [3.05, 3.63) is 0 Å². The second kappa shape index (κ2) is 3.64. The summed E-state index contributed by atoms with van der Waals surface area (Å²) in [6.07, 6.45) is 0.954. The van der Waals surface area contributed by atoms with Crippen LogP contribution in [-0.4, -0.2) is 36.8 Å². The van der Waals surface area contributed by atoms with Crippen LogP contribution in [0.4, 0.5) is 0 Å². The molecule has 0 aliphatic heterocycles. The van der Waals surface area contributed by atoms with E-state index in [4.69, 9.17) is 9.79 Å². The van der Waals surface area contributed by atoms with Crippen LogP contribution in [0.5, 0.6) is 0 Å². The highest BCUT2D eigenvalue weighted by Gasteiger charge is 2.14. The lowest BCUT2D eigenvalue weighted by atomic mass is 10.9. The highest BCUT2D eigenvalue weighted by atomic mass is 32.2. The first-order valence-electron chi connectivity index (χ1n) is 2.58. The molecule has 0 fully saturated rings. The molecule has 0 amide bonds. The molecule has 6 nitrogen and oxygen atoms in total. The van der Waals surface area contributed by atoms with E-state index in [9.17, 15) is 13.0 Å². The van der Waals surface area contributed by atoms with Crippen molar-refractivity contribution in [2.45, 2.75) is 0 Å². The lowest BCUT2D eigenvalue weighted by molar-refractivity contribution is 0.207. The van der Waals surface area contributed by atoms with Gasteiger partial charge in [0.15, 0.2) is 0 Å². The average Bonchev–Trinajstić information content (AvgIpc) is 1.55. The van der Waals surface area contributed by atoms with Gasteiger partial charge in [-0.25, -0.2) is 13.0 Å². The predicted octanol–water partition coefficient (Wildman–Crippen LogP) is -0.860. The second-order valence-corrected chi connectivity index (χ2v) is 5.45. The van der Waals surface area contributed by atoms with Crippen LogP contribution < -0.4 is 0 Å². The van der Waals surface area contributed by atoms with E-state index in [-0.39, 0.29) is 0 Å². The molecule has 0 spiro atoms. The molecule has 8 heteroatoms. The minimum atomic E-state index is -4.52. The standard InChI is InChI=1S/C3H9O6PS/c1-11(7,8)3-2-9-10(4,5)6/h2-3H2,1H3,(H2,4,5,6). The quantitative estimate of drug-likeness (QED) is 0.578. The van der Waals surface area contributed by atoms with E-state index in [1.165, 1.54) is 0 Å². The van der Waals surface area contributed by atoms with Crippen molar-refractivity contribution in [1.82, 2.24) is 0 Å². The van der Waals surface area contributed by atoms with Gasteiger partial charge in [0.2, 0.25) is 0 Å². The third-order valence-corrected chi connectivity index (χ3v) is 2.14. The van der Waals surface area contributed by atoms with Crippen molar-refractivity contribution in [1.29, 1.82) is 0 Å². The van der Waals surface area contributed by atoms with Crippen molar-refractivity contribution in [2.75, 3.05) is 18.6 Å². The Kier molecular flexibility index (Phi) is 3.66. The largest absolute Gasteiger partial charge is 0.469 e. The highest BCUT2D eigenvalue weighted by Crippen LogP contribution is 2.35. The number of phosphoric acid groups is 1. The van der Waals surface area contributed by atoms with Crippen molar-refractivity contribution < 1.29 is 27.3 Å². The summed E-state index contributed by atoms with van der Waals surface area (Å²) < 4.78 is 34.7. The molecular weight excluding hydrogens is 195 g/mol. The maximum absolute atomic E-state index is 10.4. The Labute approximate surface area is 64.3 Å². The molecule has 0 atom stereocenters. The van der Waals surface area contributed by atoms with Gasteiger partial charge in [-0.2, -0.15) is 0 Å². The van der Waals surface area contributed by atoms with Crippen molar-refractivity contribution in [3.63, 3.8) is 0 Å². The molecule has 0 aromatic carbocycles. The Balaban J connectivity index is 3.70. The van der Waals surface area contributed by atoms with Crippen LogP contribution >= 0.6 is 7.82 Å². The fourth-order valence-electron chi connectivity index (χ4n) is 0.308. The van der Waals surface area contributed by atoms with E-state index >= 15 is 0 Å². The van der Waals surface area contributed by atoms with E-state index in [2.05, 4.69) is 4.52 Å². The summed E-state index contributed by atoms with van der Waals surface area (Å²) >= 11 is 0. The number of sulfone groups is 1. The lowest BCUT2D eigenvalue weighted by Crippen LogP contribution is -2.08. The number of rotatable bonds is 4. The molecule has 0 aliphatic carbocycles. The molecule has 0 bridgehead atoms. The molecule has 0 aliphatic rings. The van der Waals surface area contributed by atoms with Gasteiger partial charge in [-0.1, -0.05) is 0 Å². The van der Waals surface area contributed by atoms with E-state index in [0.29, 0.717) is 0 Å². The van der Waals surface area contributed by atoms with Crippen molar-refractivity contribution in [2.24, 2.45) is 0 Å². The molecular formula is C3H9O6PS. The predicted molar refractivity (Wildman–Crippen MR) is 37.7 cm³/mol. The summed E-state index contributed by atoms with van der Waals surface area (Å²) in [5.74, 6) is -0.391. The first-order chi connectivity index (χ1) is 4.71. The summed E-state index contributed by atoms with van der Waals surface area (Å²) in [6, 6.07) is 0. The van der Waals surface area contributed by atoms with Gasteiger partial charge < -0.3 is 9.79 Å². The Morgan fingerprint density at radius 2 is 1.91 bits per heavy atom. The van der Waals surface area contributed by atoms with E-state index in [0.717, 1.165) is 6.26 Å². The average molecular weight is 204 g/mol. The number of hydrogen-bond acceptors (Lipinski definition) is 4. The Morgan fingerprint density at radius 1 is 1.45 bits per heavy atom. The fraction of sp³-hybridized carbons (Fsp3) is 1.00. The Bertz CT molecular complexity index is 249. The second-order valence-electron chi connectivity index (χ2n) is 1.95. The Morgan fingerprint density at radius 3 is 2.18 bits per heavy atom. The molecule has 0 rings (SSSR count). The molecule has 0 radical (unpaired) electrons. The molecule has 11 heavy (non-hydrogen) atoms. The van der Waals surface area contributed by atoms with E-state index < -0.39 is 30.0 Å². The minimum absolute atomic E-state index is 0.391. The normalized spacial score (nSPS) is 13.4. The van der Waals surface area contributed by atoms with E-state index in [1.807, 2.05) is 0 Å². The van der Waals surface area contributed by atoms with Crippen LogP contribution in [0.15, 0.2) is 0 Å². The van der Waals surface area contributed by atoms with Gasteiger partial charge in [0.25, 0.3) is 0 Å². The maximum atomic E-state index is 10.4. The third-order valence-electron chi connectivity index (χ3n) is 0.714. The van der Waals surface area contributed by atoms with Gasteiger partial charge in [-0.3, -0.25) is 4.52 Å². The Hall–Kier alpha value is 0.0600. The zero-order valence-corrected chi connectivity index (χ0v) is 7.51. The molecule has 0 heterocycles. The molecule has 68 valence electrons. The first-order valence-corrected chi connectivity index (χ1v) is 6.17. The summed E-state index contributed by atoms with van der Waals surface area (Å²) in [4.78, 5) is 16.2. The zero-order valence-electron chi connectivity index (χ0n) is 5.80. The van der Waals surface area contributed by atoms with Crippen LogP contribution in [0, 0.1) is 0 Å². The summed E-state index contributed by atoms with van der Waals surface area (Å²) in [5, 5.41) is 0. The van der Waals surface area contributed by atoms with Crippen molar-refractivity contribution in [3.8, 4) is 0 Å². The maximum Gasteiger partial charge on any atom is 0.469 e. The fourth-order valence-corrected chi connectivity index (χ4v) is 1.15. The van der Waals surface area contributed by atoms with Gasteiger partial charge >= 0.3 is 7.82 Å². The van der Waals surface area contributed by atoms with Crippen LogP contribution in [0.25, 0.3) is 0 Å². The van der Waals surface area contributed by atoms with Crippen LogP contribution in [0.3, 0.4) is 0 Å². The van der Waals surface area contributed by atoms with Gasteiger partial charge in [0, 0.05) is 6.26 Å². The topological polar surface area (TPSA) is 101 Å². The SMILES string of the molecule is CS(=O)(=O)CCOP(=O)(O)O. The van der Waals surface area contributed by atoms with E-state index in [1.54, 1.807) is 0 Å². The van der Waals surface area contributed by atoms with Crippen LogP contribution in [-0.2, 0) is 18.9 Å². The monoisotopic (exact) mass is 204 g/mol. The first kappa shape index (κ1) is 11.1. The highest BCUT2D eigenvalue weighted by molar-refractivity contribution is 7.90. The van der Waals surface area contributed by atoms with Crippen molar-refractivity contribution >= 4 is 17.7 Å². The minimum Gasteiger partial charge on any atom is -0.303 e. The van der Waals surface area contributed by atoms with Gasteiger partial charge in [-0.15, -0.1) is 0 Å². The summed E-state index contributed by atoms with van der Waals surface area (Å²) in [5.41, 5.74) is 0. The molecule has 2 N–H and O–H groups in total. The molecule has 0 saturated heterocycles. The van der Waals surface area contributed by atoms with Crippen LogP contribution in [0.2, 0.25) is 0 Å². The molecule has 0 aromatic rings. The van der Waals surface area contributed by atoms with Gasteiger partial charge in [-0.05, 0) is 0 Å². The zero-order chi connectivity index (χ0) is 9.12. The smallest absolute Gasteiger partial charge is 0.303 e. The molecule has 0 saturated carbocycles. The van der Waals surface area contributed by atoms with Crippen LogP contribution in [0.1, 0.15) is 0 Å². The number of phosphoric ester groups is 1. The summed E-state index contributed by atoms with van der Waals surface area (Å²) in [6.45, 7) is -0.483. The number of hydrogen-bond donors (Lipinski definition) is 2.